The number of nitrogens with zero attached hydrogens (tertiary/aromatic N) is 2. The van der Waals surface area contributed by atoms with E-state index in [-0.39, 0.29) is 13.2 Å². The molecule has 2 rings (SSSR count). The Labute approximate surface area is 123 Å². The lowest BCUT2D eigenvalue weighted by atomic mass is 10.2. The summed E-state index contributed by atoms with van der Waals surface area (Å²) in [6, 6.07) is -0.435. The SMILES string of the molecule is CCOC(=O)N1CCC(NC(=O)c2nc[nH]c2C(F)(F)F)C1. The second kappa shape index (κ2) is 6.24. The molecule has 0 saturated carbocycles. The topological polar surface area (TPSA) is 87.3 Å². The lowest BCUT2D eigenvalue weighted by molar-refractivity contribution is -0.141. The van der Waals surface area contributed by atoms with Crippen molar-refractivity contribution in [1.29, 1.82) is 0 Å². The van der Waals surface area contributed by atoms with Crippen molar-refractivity contribution in [3.63, 3.8) is 0 Å². The number of H-pyrrole nitrogens is 1. The van der Waals surface area contributed by atoms with Gasteiger partial charge in [-0.2, -0.15) is 13.2 Å². The number of hydrogen-bond acceptors (Lipinski definition) is 4. The number of imidazole rings is 1. The maximum atomic E-state index is 12.7. The third-order valence-electron chi connectivity index (χ3n) is 3.19. The average molecular weight is 320 g/mol. The molecule has 0 radical (unpaired) electrons. The number of carbonyl (C=O) groups excluding carboxylic acids is 2. The zero-order valence-electron chi connectivity index (χ0n) is 11.7. The van der Waals surface area contributed by atoms with E-state index < -0.39 is 35.6 Å². The number of aromatic amines is 1. The van der Waals surface area contributed by atoms with Crippen LogP contribution in [0.25, 0.3) is 0 Å². The zero-order valence-corrected chi connectivity index (χ0v) is 11.7. The molecule has 1 saturated heterocycles. The first-order valence-electron chi connectivity index (χ1n) is 6.66. The summed E-state index contributed by atoms with van der Waals surface area (Å²) in [5.74, 6) is -0.927. The van der Waals surface area contributed by atoms with Crippen LogP contribution in [-0.2, 0) is 10.9 Å². The van der Waals surface area contributed by atoms with E-state index in [0.29, 0.717) is 13.0 Å². The number of nitrogens with one attached hydrogen (secondary N) is 2. The van der Waals surface area contributed by atoms with Crippen LogP contribution >= 0.6 is 0 Å². The van der Waals surface area contributed by atoms with Gasteiger partial charge in [0.2, 0.25) is 0 Å². The Morgan fingerprint density at radius 2 is 2.27 bits per heavy atom. The van der Waals surface area contributed by atoms with Crippen LogP contribution in [0.15, 0.2) is 6.33 Å². The monoisotopic (exact) mass is 320 g/mol. The van der Waals surface area contributed by atoms with Gasteiger partial charge in [-0.3, -0.25) is 4.79 Å². The minimum Gasteiger partial charge on any atom is -0.450 e. The van der Waals surface area contributed by atoms with Gasteiger partial charge in [0, 0.05) is 19.1 Å². The Morgan fingerprint density at radius 3 is 2.91 bits per heavy atom. The van der Waals surface area contributed by atoms with Gasteiger partial charge in [0.25, 0.3) is 5.91 Å². The first-order valence-corrected chi connectivity index (χ1v) is 6.66. The van der Waals surface area contributed by atoms with Crippen LogP contribution in [0.1, 0.15) is 29.5 Å². The Morgan fingerprint density at radius 1 is 1.55 bits per heavy atom. The van der Waals surface area contributed by atoms with Crippen LogP contribution in [0.2, 0.25) is 0 Å². The van der Waals surface area contributed by atoms with Crippen LogP contribution in [0.4, 0.5) is 18.0 Å². The summed E-state index contributed by atoms with van der Waals surface area (Å²) in [6.07, 6.45) is -3.93. The zero-order chi connectivity index (χ0) is 16.3. The van der Waals surface area contributed by atoms with E-state index in [1.54, 1.807) is 6.92 Å². The van der Waals surface area contributed by atoms with E-state index in [4.69, 9.17) is 4.74 Å². The highest BCUT2D eigenvalue weighted by molar-refractivity contribution is 5.93. The molecular weight excluding hydrogens is 305 g/mol. The minimum absolute atomic E-state index is 0.191. The first kappa shape index (κ1) is 16.1. The molecule has 122 valence electrons. The normalized spacial score (nSPS) is 18.4. The number of carbonyl (C=O) groups is 2. The summed E-state index contributed by atoms with van der Waals surface area (Å²) in [7, 11) is 0. The summed E-state index contributed by atoms with van der Waals surface area (Å²) in [4.78, 5) is 30.1. The summed E-state index contributed by atoms with van der Waals surface area (Å²) in [5.41, 5.74) is -1.90. The summed E-state index contributed by atoms with van der Waals surface area (Å²) >= 11 is 0. The predicted octanol–water partition coefficient (Wildman–Crippen LogP) is 1.39. The van der Waals surface area contributed by atoms with Crippen molar-refractivity contribution in [2.45, 2.75) is 25.6 Å². The third-order valence-corrected chi connectivity index (χ3v) is 3.19. The molecule has 2 N–H and O–H groups in total. The highest BCUT2D eigenvalue weighted by Crippen LogP contribution is 2.29. The van der Waals surface area contributed by atoms with Crippen molar-refractivity contribution in [3.8, 4) is 0 Å². The largest absolute Gasteiger partial charge is 0.450 e. The Hall–Kier alpha value is -2.26. The molecule has 1 aliphatic rings. The van der Waals surface area contributed by atoms with Gasteiger partial charge in [-0.05, 0) is 13.3 Å². The molecule has 7 nitrogen and oxygen atoms in total. The Balaban J connectivity index is 1.97. The molecule has 0 bridgehead atoms. The highest BCUT2D eigenvalue weighted by Gasteiger charge is 2.38. The van der Waals surface area contributed by atoms with Gasteiger partial charge in [-0.15, -0.1) is 0 Å². The quantitative estimate of drug-likeness (QED) is 0.881. The van der Waals surface area contributed by atoms with Gasteiger partial charge in [0.15, 0.2) is 11.4 Å². The predicted molar refractivity (Wildman–Crippen MR) is 68.1 cm³/mol. The molecule has 1 unspecified atom stereocenters. The fourth-order valence-corrected chi connectivity index (χ4v) is 2.19. The van der Waals surface area contributed by atoms with Crippen molar-refractivity contribution in [2.75, 3.05) is 19.7 Å². The minimum atomic E-state index is -4.68. The number of ether oxygens (including phenoxy) is 1. The number of alkyl halides is 3. The molecule has 22 heavy (non-hydrogen) atoms. The van der Waals surface area contributed by atoms with Crippen LogP contribution in [0, 0.1) is 0 Å². The third kappa shape index (κ3) is 3.49. The average Bonchev–Trinajstić information content (AvgIpc) is 3.06. The lowest BCUT2D eigenvalue weighted by Crippen LogP contribution is -2.39. The van der Waals surface area contributed by atoms with E-state index in [9.17, 15) is 22.8 Å². The maximum Gasteiger partial charge on any atom is 0.433 e. The fourth-order valence-electron chi connectivity index (χ4n) is 2.19. The smallest absolute Gasteiger partial charge is 0.433 e. The van der Waals surface area contributed by atoms with Gasteiger partial charge in [-0.25, -0.2) is 9.78 Å². The molecule has 2 heterocycles. The summed E-state index contributed by atoms with van der Waals surface area (Å²) in [6.45, 7) is 2.46. The molecule has 0 aromatic carbocycles. The number of amides is 2. The number of aromatic nitrogens is 2. The van der Waals surface area contributed by atoms with Gasteiger partial charge < -0.3 is 19.9 Å². The van der Waals surface area contributed by atoms with E-state index in [2.05, 4.69) is 10.3 Å². The van der Waals surface area contributed by atoms with Crippen molar-refractivity contribution < 1.29 is 27.5 Å². The van der Waals surface area contributed by atoms with Crippen LogP contribution < -0.4 is 5.32 Å². The van der Waals surface area contributed by atoms with Crippen molar-refractivity contribution in [3.05, 3.63) is 17.7 Å². The molecule has 2 amide bonds. The number of hydrogen-bond donors (Lipinski definition) is 2. The van der Waals surface area contributed by atoms with Gasteiger partial charge in [-0.1, -0.05) is 0 Å². The Bertz CT molecular complexity index is 558. The molecule has 1 aromatic rings. The van der Waals surface area contributed by atoms with Crippen molar-refractivity contribution in [1.82, 2.24) is 20.2 Å². The summed E-state index contributed by atoms with van der Waals surface area (Å²) < 4.78 is 42.9. The number of halogens is 3. The second-order valence-electron chi connectivity index (χ2n) is 4.73. The van der Waals surface area contributed by atoms with Gasteiger partial charge in [0.05, 0.1) is 12.9 Å². The molecule has 1 aromatic heterocycles. The van der Waals surface area contributed by atoms with Crippen LogP contribution in [0.5, 0.6) is 0 Å². The van der Waals surface area contributed by atoms with E-state index >= 15 is 0 Å². The molecular formula is C12H15F3N4O3. The van der Waals surface area contributed by atoms with E-state index in [0.717, 1.165) is 6.33 Å². The van der Waals surface area contributed by atoms with Gasteiger partial charge >= 0.3 is 12.3 Å². The van der Waals surface area contributed by atoms with Gasteiger partial charge in [0.1, 0.15) is 0 Å². The molecule has 10 heteroatoms. The summed E-state index contributed by atoms with van der Waals surface area (Å²) in [5, 5.41) is 2.45. The fraction of sp³-hybridized carbons (Fsp3) is 0.583. The molecule has 1 atom stereocenters. The molecule has 0 aliphatic carbocycles. The molecule has 1 fully saturated rings. The standard InChI is InChI=1S/C12H15F3N4O3/c1-2-22-11(21)19-4-3-7(5-19)18-10(20)8-9(12(13,14)15)17-6-16-8/h6-7H,2-5H2,1H3,(H,16,17)(H,18,20). The highest BCUT2D eigenvalue weighted by atomic mass is 19.4. The number of rotatable bonds is 3. The van der Waals surface area contributed by atoms with Crippen molar-refractivity contribution >= 4 is 12.0 Å². The van der Waals surface area contributed by atoms with Crippen LogP contribution in [-0.4, -0.2) is 52.6 Å². The number of likely N-dealkylation sites (tertiary alicyclic amines) is 1. The van der Waals surface area contributed by atoms with E-state index in [1.807, 2.05) is 4.98 Å². The first-order chi connectivity index (χ1) is 10.3. The van der Waals surface area contributed by atoms with Crippen molar-refractivity contribution in [2.24, 2.45) is 0 Å². The lowest BCUT2D eigenvalue weighted by Gasteiger charge is -2.16. The second-order valence-corrected chi connectivity index (χ2v) is 4.73. The molecule has 1 aliphatic heterocycles. The van der Waals surface area contributed by atoms with Crippen LogP contribution in [0.3, 0.4) is 0 Å². The Kier molecular flexibility index (Phi) is 4.57. The maximum absolute atomic E-state index is 12.7. The molecule has 0 spiro atoms. The van der Waals surface area contributed by atoms with E-state index in [1.165, 1.54) is 4.90 Å².